The van der Waals surface area contributed by atoms with E-state index in [-0.39, 0.29) is 5.41 Å². The van der Waals surface area contributed by atoms with Gasteiger partial charge in [0.25, 0.3) is 0 Å². The highest BCUT2D eigenvalue weighted by Gasteiger charge is 2.27. The molecule has 1 aromatic rings. The van der Waals surface area contributed by atoms with E-state index in [1.807, 2.05) is 24.3 Å². The maximum Gasteiger partial charge on any atom is 0.151 e. The fraction of sp³-hybridized carbons (Fsp3) is 0.389. The number of benzene rings is 1. The summed E-state index contributed by atoms with van der Waals surface area (Å²) in [5.74, 6) is 6.50. The van der Waals surface area contributed by atoms with Crippen molar-refractivity contribution in [3.05, 3.63) is 46.5 Å². The van der Waals surface area contributed by atoms with Gasteiger partial charge in [0.1, 0.15) is 0 Å². The highest BCUT2D eigenvalue weighted by molar-refractivity contribution is 5.79. The normalized spacial score (nSPS) is 17.6. The smallest absolute Gasteiger partial charge is 0.151 e. The quantitative estimate of drug-likeness (QED) is 0.535. The number of allylic oxidation sites excluding steroid dienone is 2. The van der Waals surface area contributed by atoms with E-state index >= 15 is 0 Å². The second-order valence-electron chi connectivity index (χ2n) is 5.85. The van der Waals surface area contributed by atoms with Crippen LogP contribution in [0.25, 0.3) is 0 Å². The Morgan fingerprint density at radius 2 is 1.95 bits per heavy atom. The van der Waals surface area contributed by atoms with Gasteiger partial charge < -0.3 is 0 Å². The van der Waals surface area contributed by atoms with E-state index in [0.717, 1.165) is 18.3 Å². The van der Waals surface area contributed by atoms with Crippen molar-refractivity contribution in [3.63, 3.8) is 0 Å². The summed E-state index contributed by atoms with van der Waals surface area (Å²) < 4.78 is 0. The lowest BCUT2D eigenvalue weighted by Gasteiger charge is -2.31. The fourth-order valence-corrected chi connectivity index (χ4v) is 2.74. The standard InChI is InChI=1S/C18H20O/c1-14-7-6-12-18(2,3)17(14)11-10-15-8-4-5-9-16(15)13-19/h4-5,8-9,13H,6-7,12H2,1-3H3. The van der Waals surface area contributed by atoms with Crippen molar-refractivity contribution in [2.45, 2.75) is 40.0 Å². The Morgan fingerprint density at radius 1 is 1.21 bits per heavy atom. The SMILES string of the molecule is CC1=C(C#Cc2ccccc2C=O)C(C)(C)CCC1. The zero-order valence-electron chi connectivity index (χ0n) is 11.9. The number of hydrogen-bond acceptors (Lipinski definition) is 1. The number of aldehydes is 1. The van der Waals surface area contributed by atoms with Crippen LogP contribution in [-0.4, -0.2) is 6.29 Å². The Bertz CT molecular complexity index is 579. The summed E-state index contributed by atoms with van der Waals surface area (Å²) in [5.41, 5.74) is 4.29. The molecule has 0 saturated carbocycles. The lowest BCUT2D eigenvalue weighted by atomic mass is 9.73. The van der Waals surface area contributed by atoms with Crippen LogP contribution in [0.1, 0.15) is 56.0 Å². The van der Waals surface area contributed by atoms with E-state index in [1.165, 1.54) is 24.0 Å². The highest BCUT2D eigenvalue weighted by Crippen LogP contribution is 2.39. The number of carbonyl (C=O) groups is 1. The van der Waals surface area contributed by atoms with E-state index in [2.05, 4.69) is 32.6 Å². The molecule has 0 unspecified atom stereocenters. The molecule has 0 heterocycles. The first-order valence-corrected chi connectivity index (χ1v) is 6.81. The van der Waals surface area contributed by atoms with Crippen LogP contribution < -0.4 is 0 Å². The van der Waals surface area contributed by atoms with Crippen LogP contribution in [0.2, 0.25) is 0 Å². The molecule has 0 amide bonds. The molecule has 98 valence electrons. The molecule has 0 bridgehead atoms. The van der Waals surface area contributed by atoms with Gasteiger partial charge in [-0.25, -0.2) is 0 Å². The van der Waals surface area contributed by atoms with E-state index in [0.29, 0.717) is 5.56 Å². The summed E-state index contributed by atoms with van der Waals surface area (Å²) in [5, 5.41) is 0. The van der Waals surface area contributed by atoms with E-state index in [4.69, 9.17) is 0 Å². The average Bonchev–Trinajstić information content (AvgIpc) is 2.38. The van der Waals surface area contributed by atoms with Crippen LogP contribution in [0.15, 0.2) is 35.4 Å². The fourth-order valence-electron chi connectivity index (χ4n) is 2.74. The molecule has 0 saturated heterocycles. The van der Waals surface area contributed by atoms with E-state index < -0.39 is 0 Å². The number of carbonyl (C=O) groups excluding carboxylic acids is 1. The van der Waals surface area contributed by atoms with Crippen molar-refractivity contribution in [1.29, 1.82) is 0 Å². The van der Waals surface area contributed by atoms with Gasteiger partial charge in [-0.2, -0.15) is 0 Å². The third-order valence-corrected chi connectivity index (χ3v) is 3.87. The Labute approximate surface area is 115 Å². The van der Waals surface area contributed by atoms with Crippen molar-refractivity contribution in [1.82, 2.24) is 0 Å². The van der Waals surface area contributed by atoms with Gasteiger partial charge in [-0.3, -0.25) is 4.79 Å². The Morgan fingerprint density at radius 3 is 2.63 bits per heavy atom. The minimum absolute atomic E-state index is 0.158. The zero-order valence-corrected chi connectivity index (χ0v) is 11.9. The van der Waals surface area contributed by atoms with Gasteiger partial charge in [0, 0.05) is 16.7 Å². The maximum atomic E-state index is 11.0. The summed E-state index contributed by atoms with van der Waals surface area (Å²) in [7, 11) is 0. The van der Waals surface area contributed by atoms with Crippen molar-refractivity contribution >= 4 is 6.29 Å². The molecule has 0 N–H and O–H groups in total. The number of rotatable bonds is 1. The molecule has 1 nitrogen and oxygen atoms in total. The van der Waals surface area contributed by atoms with Crippen molar-refractivity contribution < 1.29 is 4.79 Å². The predicted octanol–water partition coefficient (Wildman–Crippen LogP) is 4.38. The molecule has 0 fully saturated rings. The minimum Gasteiger partial charge on any atom is -0.298 e. The molecular weight excluding hydrogens is 232 g/mol. The summed E-state index contributed by atoms with van der Waals surface area (Å²) in [6.07, 6.45) is 4.44. The van der Waals surface area contributed by atoms with Gasteiger partial charge in [0.2, 0.25) is 0 Å². The molecule has 1 aliphatic carbocycles. The molecule has 0 atom stereocenters. The molecule has 1 aromatic carbocycles. The third kappa shape index (κ3) is 2.96. The minimum atomic E-state index is 0.158. The van der Waals surface area contributed by atoms with Crippen LogP contribution >= 0.6 is 0 Å². The van der Waals surface area contributed by atoms with Gasteiger partial charge in [0.05, 0.1) is 0 Å². The van der Waals surface area contributed by atoms with Crippen LogP contribution in [-0.2, 0) is 0 Å². The summed E-state index contributed by atoms with van der Waals surface area (Å²) in [6, 6.07) is 7.50. The second-order valence-corrected chi connectivity index (χ2v) is 5.85. The van der Waals surface area contributed by atoms with Crippen molar-refractivity contribution in [2.75, 3.05) is 0 Å². The summed E-state index contributed by atoms with van der Waals surface area (Å²) in [6.45, 7) is 6.69. The second kappa shape index (κ2) is 5.45. The van der Waals surface area contributed by atoms with Crippen LogP contribution in [0.4, 0.5) is 0 Å². The van der Waals surface area contributed by atoms with Crippen LogP contribution in [0, 0.1) is 17.3 Å². The zero-order chi connectivity index (χ0) is 13.9. The van der Waals surface area contributed by atoms with Gasteiger partial charge in [-0.1, -0.05) is 49.5 Å². The lowest BCUT2D eigenvalue weighted by molar-refractivity contribution is 0.112. The third-order valence-electron chi connectivity index (χ3n) is 3.87. The van der Waals surface area contributed by atoms with Crippen molar-refractivity contribution in [3.8, 4) is 11.8 Å². The molecular formula is C18H20O. The molecule has 0 aromatic heterocycles. The maximum absolute atomic E-state index is 11.0. The number of hydrogen-bond donors (Lipinski definition) is 0. The van der Waals surface area contributed by atoms with Crippen molar-refractivity contribution in [2.24, 2.45) is 5.41 Å². The van der Waals surface area contributed by atoms with E-state index in [9.17, 15) is 4.79 Å². The average molecular weight is 252 g/mol. The molecule has 19 heavy (non-hydrogen) atoms. The Kier molecular flexibility index (Phi) is 3.90. The molecule has 1 aliphatic rings. The molecule has 0 aliphatic heterocycles. The Hall–Kier alpha value is -1.81. The molecule has 1 heteroatoms. The lowest BCUT2D eigenvalue weighted by Crippen LogP contribution is -2.19. The van der Waals surface area contributed by atoms with Crippen LogP contribution in [0.5, 0.6) is 0 Å². The highest BCUT2D eigenvalue weighted by atomic mass is 16.1. The Balaban J connectivity index is 2.41. The van der Waals surface area contributed by atoms with E-state index in [1.54, 1.807) is 0 Å². The van der Waals surface area contributed by atoms with Gasteiger partial charge in [-0.05, 0) is 37.7 Å². The van der Waals surface area contributed by atoms with Crippen LogP contribution in [0.3, 0.4) is 0 Å². The molecule has 0 radical (unpaired) electrons. The summed E-state index contributed by atoms with van der Waals surface area (Å²) in [4.78, 5) is 11.0. The molecule has 2 rings (SSSR count). The topological polar surface area (TPSA) is 17.1 Å². The molecule has 0 spiro atoms. The first kappa shape index (κ1) is 13.6. The monoisotopic (exact) mass is 252 g/mol. The first-order valence-electron chi connectivity index (χ1n) is 6.81. The van der Waals surface area contributed by atoms with Gasteiger partial charge >= 0.3 is 0 Å². The largest absolute Gasteiger partial charge is 0.298 e. The predicted molar refractivity (Wildman–Crippen MR) is 79.0 cm³/mol. The summed E-state index contributed by atoms with van der Waals surface area (Å²) >= 11 is 0. The first-order chi connectivity index (χ1) is 9.04. The van der Waals surface area contributed by atoms with Gasteiger partial charge in [-0.15, -0.1) is 0 Å². The van der Waals surface area contributed by atoms with Gasteiger partial charge in [0.15, 0.2) is 6.29 Å².